The normalized spacial score (nSPS) is 15.0. The molecular formula is C13H16O2. The molecule has 0 saturated heterocycles. The lowest BCUT2D eigenvalue weighted by atomic mass is 10.1. The average molecular weight is 204 g/mol. The van der Waals surface area contributed by atoms with Crippen LogP contribution in [0.4, 0.5) is 0 Å². The van der Waals surface area contributed by atoms with Gasteiger partial charge in [-0.3, -0.25) is 4.79 Å². The van der Waals surface area contributed by atoms with Gasteiger partial charge in [-0.25, -0.2) is 0 Å². The Hall–Kier alpha value is -1.31. The average Bonchev–Trinajstić information content (AvgIpc) is 3.03. The molecule has 0 bridgehead atoms. The lowest BCUT2D eigenvalue weighted by molar-refractivity contribution is 0.0981. The van der Waals surface area contributed by atoms with E-state index in [-0.39, 0.29) is 5.78 Å². The zero-order chi connectivity index (χ0) is 10.7. The number of Topliss-reactive ketones (excluding diaryl/α,β-unsaturated/α-hetero) is 1. The number of carbonyl (C=O) groups excluding carboxylic acids is 1. The van der Waals surface area contributed by atoms with Crippen LogP contribution in [0.3, 0.4) is 0 Å². The van der Waals surface area contributed by atoms with Crippen LogP contribution in [0.25, 0.3) is 0 Å². The Balaban J connectivity index is 1.99. The van der Waals surface area contributed by atoms with Gasteiger partial charge < -0.3 is 4.74 Å². The molecule has 15 heavy (non-hydrogen) atoms. The van der Waals surface area contributed by atoms with E-state index in [9.17, 15) is 4.79 Å². The molecule has 1 aliphatic rings. The quantitative estimate of drug-likeness (QED) is 0.688. The van der Waals surface area contributed by atoms with E-state index < -0.39 is 0 Å². The first-order valence-electron chi connectivity index (χ1n) is 5.59. The number of hydrogen-bond acceptors (Lipinski definition) is 2. The Morgan fingerprint density at radius 2 is 2.00 bits per heavy atom. The van der Waals surface area contributed by atoms with E-state index in [1.165, 1.54) is 0 Å². The highest BCUT2D eigenvalue weighted by Crippen LogP contribution is 2.26. The number of hydrogen-bond donors (Lipinski definition) is 0. The van der Waals surface area contributed by atoms with Crippen molar-refractivity contribution in [1.29, 1.82) is 0 Å². The SMILES string of the molecule is CCCC(=O)c1ccc(OC2CC2)cc1. The molecule has 0 heterocycles. The number of ether oxygens (including phenoxy) is 1. The zero-order valence-corrected chi connectivity index (χ0v) is 9.03. The van der Waals surface area contributed by atoms with E-state index in [0.717, 1.165) is 30.6 Å². The molecule has 0 radical (unpaired) electrons. The molecule has 0 aliphatic heterocycles. The van der Waals surface area contributed by atoms with Crippen molar-refractivity contribution in [1.82, 2.24) is 0 Å². The van der Waals surface area contributed by atoms with Gasteiger partial charge in [0.15, 0.2) is 5.78 Å². The maximum absolute atomic E-state index is 11.5. The number of carbonyl (C=O) groups is 1. The largest absolute Gasteiger partial charge is 0.490 e. The van der Waals surface area contributed by atoms with Gasteiger partial charge in [-0.1, -0.05) is 6.92 Å². The first-order chi connectivity index (χ1) is 7.29. The molecule has 1 fully saturated rings. The van der Waals surface area contributed by atoms with Crippen LogP contribution in [-0.2, 0) is 0 Å². The lowest BCUT2D eigenvalue weighted by Gasteiger charge is -2.04. The Labute approximate surface area is 90.3 Å². The van der Waals surface area contributed by atoms with E-state index in [2.05, 4.69) is 0 Å². The van der Waals surface area contributed by atoms with Crippen LogP contribution < -0.4 is 4.74 Å². The molecule has 0 atom stereocenters. The molecule has 0 N–H and O–H groups in total. The summed E-state index contributed by atoms with van der Waals surface area (Å²) in [6.07, 6.45) is 4.27. The van der Waals surface area contributed by atoms with Crippen LogP contribution >= 0.6 is 0 Å². The number of rotatable bonds is 5. The highest BCUT2D eigenvalue weighted by Gasteiger charge is 2.23. The smallest absolute Gasteiger partial charge is 0.162 e. The summed E-state index contributed by atoms with van der Waals surface area (Å²) in [6.45, 7) is 2.02. The van der Waals surface area contributed by atoms with E-state index in [1.807, 2.05) is 31.2 Å². The highest BCUT2D eigenvalue weighted by atomic mass is 16.5. The van der Waals surface area contributed by atoms with Gasteiger partial charge in [0.25, 0.3) is 0 Å². The Morgan fingerprint density at radius 3 is 2.53 bits per heavy atom. The predicted octanol–water partition coefficient (Wildman–Crippen LogP) is 3.21. The monoisotopic (exact) mass is 204 g/mol. The Bertz CT molecular complexity index is 336. The minimum absolute atomic E-state index is 0.218. The fourth-order valence-corrected chi connectivity index (χ4v) is 1.47. The fraction of sp³-hybridized carbons (Fsp3) is 0.462. The maximum atomic E-state index is 11.5. The molecule has 1 aromatic rings. The summed E-state index contributed by atoms with van der Waals surface area (Å²) in [5, 5.41) is 0. The maximum Gasteiger partial charge on any atom is 0.162 e. The Kier molecular flexibility index (Phi) is 3.05. The third-order valence-corrected chi connectivity index (χ3v) is 2.48. The molecule has 1 aliphatic carbocycles. The summed E-state index contributed by atoms with van der Waals surface area (Å²) in [5.41, 5.74) is 0.792. The molecule has 1 saturated carbocycles. The molecule has 0 spiro atoms. The van der Waals surface area contributed by atoms with Crippen molar-refractivity contribution in [3.05, 3.63) is 29.8 Å². The van der Waals surface area contributed by atoms with Gasteiger partial charge in [0.05, 0.1) is 6.10 Å². The second-order valence-electron chi connectivity index (χ2n) is 4.01. The zero-order valence-electron chi connectivity index (χ0n) is 9.03. The van der Waals surface area contributed by atoms with Gasteiger partial charge in [0.2, 0.25) is 0 Å². The summed E-state index contributed by atoms with van der Waals surface area (Å²) in [7, 11) is 0. The Morgan fingerprint density at radius 1 is 1.33 bits per heavy atom. The second kappa shape index (κ2) is 4.47. The van der Waals surface area contributed by atoms with Crippen molar-refractivity contribution >= 4 is 5.78 Å². The topological polar surface area (TPSA) is 26.3 Å². The molecule has 1 aromatic carbocycles. The molecular weight excluding hydrogens is 188 g/mol. The van der Waals surface area contributed by atoms with Crippen LogP contribution in [0.1, 0.15) is 43.0 Å². The molecule has 2 rings (SSSR count). The van der Waals surface area contributed by atoms with Crippen molar-refractivity contribution in [3.63, 3.8) is 0 Å². The van der Waals surface area contributed by atoms with Crippen LogP contribution in [-0.4, -0.2) is 11.9 Å². The minimum Gasteiger partial charge on any atom is -0.490 e. The second-order valence-corrected chi connectivity index (χ2v) is 4.01. The van der Waals surface area contributed by atoms with Crippen molar-refractivity contribution in [3.8, 4) is 5.75 Å². The van der Waals surface area contributed by atoms with Crippen molar-refractivity contribution < 1.29 is 9.53 Å². The molecule has 0 aromatic heterocycles. The summed E-state index contributed by atoms with van der Waals surface area (Å²) < 4.78 is 5.61. The van der Waals surface area contributed by atoms with Crippen LogP contribution in [0, 0.1) is 0 Å². The van der Waals surface area contributed by atoms with Crippen molar-refractivity contribution in [2.45, 2.75) is 38.7 Å². The van der Waals surface area contributed by atoms with Gasteiger partial charge in [-0.05, 0) is 43.5 Å². The van der Waals surface area contributed by atoms with E-state index in [0.29, 0.717) is 12.5 Å². The first-order valence-corrected chi connectivity index (χ1v) is 5.59. The summed E-state index contributed by atoms with van der Waals surface area (Å²) in [6, 6.07) is 7.49. The predicted molar refractivity (Wildman–Crippen MR) is 59.3 cm³/mol. The van der Waals surface area contributed by atoms with Gasteiger partial charge in [-0.2, -0.15) is 0 Å². The van der Waals surface area contributed by atoms with Crippen LogP contribution in [0.2, 0.25) is 0 Å². The van der Waals surface area contributed by atoms with Crippen molar-refractivity contribution in [2.24, 2.45) is 0 Å². The standard InChI is InChI=1S/C13H16O2/c1-2-3-13(14)10-4-6-11(7-5-10)15-12-8-9-12/h4-7,12H,2-3,8-9H2,1H3. The van der Waals surface area contributed by atoms with E-state index in [4.69, 9.17) is 4.74 Å². The lowest BCUT2D eigenvalue weighted by Crippen LogP contribution is -1.99. The third kappa shape index (κ3) is 2.82. The highest BCUT2D eigenvalue weighted by molar-refractivity contribution is 5.96. The fourth-order valence-electron chi connectivity index (χ4n) is 1.47. The van der Waals surface area contributed by atoms with Gasteiger partial charge in [-0.15, -0.1) is 0 Å². The van der Waals surface area contributed by atoms with E-state index in [1.54, 1.807) is 0 Å². The molecule has 2 nitrogen and oxygen atoms in total. The molecule has 0 amide bonds. The summed E-state index contributed by atoms with van der Waals surface area (Å²) in [5.74, 6) is 1.10. The number of benzene rings is 1. The van der Waals surface area contributed by atoms with Crippen molar-refractivity contribution in [2.75, 3.05) is 0 Å². The first kappa shape index (κ1) is 10.2. The van der Waals surface area contributed by atoms with Gasteiger partial charge >= 0.3 is 0 Å². The summed E-state index contributed by atoms with van der Waals surface area (Å²) in [4.78, 5) is 11.5. The molecule has 0 unspecified atom stereocenters. The third-order valence-electron chi connectivity index (χ3n) is 2.48. The minimum atomic E-state index is 0.218. The summed E-state index contributed by atoms with van der Waals surface area (Å²) >= 11 is 0. The van der Waals surface area contributed by atoms with E-state index >= 15 is 0 Å². The molecule has 2 heteroatoms. The van der Waals surface area contributed by atoms with Crippen LogP contribution in [0.15, 0.2) is 24.3 Å². The van der Waals surface area contributed by atoms with Gasteiger partial charge in [0, 0.05) is 12.0 Å². The van der Waals surface area contributed by atoms with Crippen LogP contribution in [0.5, 0.6) is 5.75 Å². The molecule has 80 valence electrons. The van der Waals surface area contributed by atoms with Gasteiger partial charge in [0.1, 0.15) is 5.75 Å². The number of ketones is 1.